The topological polar surface area (TPSA) is 76.4 Å². The minimum absolute atomic E-state index is 0.0383. The number of carbonyl (C=O) groups is 1. The van der Waals surface area contributed by atoms with Gasteiger partial charge in [0.25, 0.3) is 0 Å². The van der Waals surface area contributed by atoms with Crippen molar-refractivity contribution in [1.82, 2.24) is 9.78 Å². The lowest BCUT2D eigenvalue weighted by atomic mass is 10.1. The first kappa shape index (κ1) is 17.4. The van der Waals surface area contributed by atoms with Crippen molar-refractivity contribution in [3.05, 3.63) is 65.6 Å². The Kier molecular flexibility index (Phi) is 4.49. The van der Waals surface area contributed by atoms with Gasteiger partial charge in [0.2, 0.25) is 5.91 Å². The molecule has 1 amide bonds. The van der Waals surface area contributed by atoms with E-state index < -0.39 is 5.82 Å². The summed E-state index contributed by atoms with van der Waals surface area (Å²) in [6.07, 6.45) is 1.63. The van der Waals surface area contributed by atoms with Gasteiger partial charge in [0.15, 0.2) is 11.5 Å². The lowest BCUT2D eigenvalue weighted by Gasteiger charge is -2.16. The van der Waals surface area contributed by atoms with Gasteiger partial charge in [0, 0.05) is 5.56 Å². The number of anilines is 1. The zero-order chi connectivity index (χ0) is 19.0. The third-order valence-electron chi connectivity index (χ3n) is 4.31. The predicted molar refractivity (Wildman–Crippen MR) is 101 cm³/mol. The van der Waals surface area contributed by atoms with Crippen LogP contribution in [-0.4, -0.2) is 33.7 Å². The van der Waals surface area contributed by atoms with Crippen molar-refractivity contribution in [1.29, 1.82) is 0 Å². The number of ether oxygens (including phenoxy) is 1. The molecule has 1 aromatic heterocycles. The van der Waals surface area contributed by atoms with E-state index in [2.05, 4.69) is 10.4 Å². The number of para-hydroxylation sites is 1. The first-order chi connectivity index (χ1) is 13.1. The number of amides is 1. The lowest BCUT2D eigenvalue weighted by molar-refractivity contribution is -0.113. The molecule has 1 aliphatic heterocycles. The fraction of sp³-hybridized carbons (Fsp3) is 0.158. The van der Waals surface area contributed by atoms with Crippen LogP contribution in [0.2, 0.25) is 0 Å². The average molecular weight is 385 g/mol. The van der Waals surface area contributed by atoms with Gasteiger partial charge in [-0.1, -0.05) is 18.2 Å². The Labute approximate surface area is 159 Å². The van der Waals surface area contributed by atoms with Crippen molar-refractivity contribution in [3.63, 3.8) is 0 Å². The van der Waals surface area contributed by atoms with Crippen LogP contribution < -0.4 is 10.1 Å². The van der Waals surface area contributed by atoms with Crippen LogP contribution in [0.5, 0.6) is 11.5 Å². The van der Waals surface area contributed by atoms with E-state index in [-0.39, 0.29) is 28.3 Å². The summed E-state index contributed by atoms with van der Waals surface area (Å²) in [5.74, 6) is 0.438. The van der Waals surface area contributed by atoms with E-state index in [0.29, 0.717) is 11.6 Å². The molecule has 8 heteroatoms. The smallest absolute Gasteiger partial charge is 0.235 e. The minimum Gasteiger partial charge on any atom is -0.504 e. The molecule has 138 valence electrons. The van der Waals surface area contributed by atoms with Gasteiger partial charge in [0.1, 0.15) is 17.3 Å². The van der Waals surface area contributed by atoms with Crippen LogP contribution in [0.4, 0.5) is 10.2 Å². The Morgan fingerprint density at radius 3 is 2.93 bits per heavy atom. The largest absolute Gasteiger partial charge is 0.504 e. The number of hydrogen-bond donors (Lipinski definition) is 2. The number of nitrogens with zero attached hydrogens (tertiary/aromatic N) is 2. The number of fused-ring (bicyclic) bond motifs is 1. The van der Waals surface area contributed by atoms with Crippen LogP contribution in [0.1, 0.15) is 16.4 Å². The molecule has 0 saturated carbocycles. The molecule has 0 fully saturated rings. The van der Waals surface area contributed by atoms with Crippen LogP contribution >= 0.6 is 11.8 Å². The number of nitrogens with one attached hydrogen (secondary N) is 1. The number of aromatic hydroxyl groups is 1. The van der Waals surface area contributed by atoms with E-state index in [0.717, 1.165) is 11.1 Å². The average Bonchev–Trinajstić information content (AvgIpc) is 2.98. The second-order valence-corrected chi connectivity index (χ2v) is 7.08. The molecule has 2 aromatic carbocycles. The molecule has 1 aliphatic rings. The number of phenolic OH excluding ortho intramolecular Hbond substituents is 1. The van der Waals surface area contributed by atoms with Crippen molar-refractivity contribution in [2.24, 2.45) is 0 Å². The third kappa shape index (κ3) is 3.12. The highest BCUT2D eigenvalue weighted by molar-refractivity contribution is 8.00. The number of benzene rings is 2. The molecule has 27 heavy (non-hydrogen) atoms. The summed E-state index contributed by atoms with van der Waals surface area (Å²) in [5, 5.41) is 16.8. The summed E-state index contributed by atoms with van der Waals surface area (Å²) in [6, 6.07) is 11.3. The number of rotatable bonds is 3. The predicted octanol–water partition coefficient (Wildman–Crippen LogP) is 3.50. The van der Waals surface area contributed by atoms with Gasteiger partial charge in [0.05, 0.1) is 24.3 Å². The van der Waals surface area contributed by atoms with Crippen LogP contribution in [0.25, 0.3) is 5.69 Å². The summed E-state index contributed by atoms with van der Waals surface area (Å²) in [6.45, 7) is 0. The minimum atomic E-state index is -0.433. The Morgan fingerprint density at radius 1 is 1.33 bits per heavy atom. The molecule has 4 rings (SSSR count). The molecule has 0 aliphatic carbocycles. The van der Waals surface area contributed by atoms with E-state index in [1.54, 1.807) is 42.6 Å². The third-order valence-corrected chi connectivity index (χ3v) is 5.59. The summed E-state index contributed by atoms with van der Waals surface area (Å²) in [4.78, 5) is 12.2. The summed E-state index contributed by atoms with van der Waals surface area (Å²) < 4.78 is 20.9. The normalized spacial score (nSPS) is 16.4. The molecule has 6 nitrogen and oxygen atoms in total. The van der Waals surface area contributed by atoms with Crippen molar-refractivity contribution < 1.29 is 19.0 Å². The first-order valence-electron chi connectivity index (χ1n) is 8.19. The van der Waals surface area contributed by atoms with E-state index in [4.69, 9.17) is 4.74 Å². The first-order valence-corrected chi connectivity index (χ1v) is 9.24. The second kappa shape index (κ2) is 6.96. The Morgan fingerprint density at radius 2 is 2.15 bits per heavy atom. The van der Waals surface area contributed by atoms with Crippen molar-refractivity contribution >= 4 is 23.5 Å². The van der Waals surface area contributed by atoms with Crippen molar-refractivity contribution in [2.45, 2.75) is 5.25 Å². The van der Waals surface area contributed by atoms with Crippen molar-refractivity contribution in [2.75, 3.05) is 18.2 Å². The molecule has 1 atom stereocenters. The monoisotopic (exact) mass is 385 g/mol. The Hall–Kier alpha value is -3.00. The molecule has 0 radical (unpaired) electrons. The number of phenols is 1. The molecule has 0 unspecified atom stereocenters. The van der Waals surface area contributed by atoms with E-state index in [1.807, 2.05) is 0 Å². The van der Waals surface area contributed by atoms with Gasteiger partial charge >= 0.3 is 0 Å². The number of halogens is 1. The summed E-state index contributed by atoms with van der Waals surface area (Å²) in [5.41, 5.74) is 1.86. The van der Waals surface area contributed by atoms with Gasteiger partial charge in [-0.15, -0.1) is 11.8 Å². The van der Waals surface area contributed by atoms with Crippen LogP contribution in [0, 0.1) is 5.82 Å². The van der Waals surface area contributed by atoms with E-state index in [9.17, 15) is 14.3 Å². The van der Waals surface area contributed by atoms with Crippen LogP contribution in [0.15, 0.2) is 48.7 Å². The molecule has 0 spiro atoms. The quantitative estimate of drug-likeness (QED) is 0.722. The molecular formula is C19H16FN3O3S. The summed E-state index contributed by atoms with van der Waals surface area (Å²) in [7, 11) is 1.48. The van der Waals surface area contributed by atoms with Crippen LogP contribution in [0.3, 0.4) is 0 Å². The number of thioether (sulfide) groups is 1. The van der Waals surface area contributed by atoms with Gasteiger partial charge in [-0.25, -0.2) is 9.07 Å². The fourth-order valence-corrected chi connectivity index (χ4v) is 4.12. The number of carbonyl (C=O) groups excluding carboxylic acids is 1. The lowest BCUT2D eigenvalue weighted by Crippen LogP contribution is -2.16. The molecule has 0 saturated heterocycles. The number of aromatic nitrogens is 2. The Balaban J connectivity index is 1.85. The van der Waals surface area contributed by atoms with Crippen LogP contribution in [-0.2, 0) is 4.79 Å². The van der Waals surface area contributed by atoms with E-state index in [1.165, 1.54) is 29.6 Å². The summed E-state index contributed by atoms with van der Waals surface area (Å²) >= 11 is 1.43. The molecule has 2 heterocycles. The highest BCUT2D eigenvalue weighted by atomic mass is 32.2. The molecule has 0 bridgehead atoms. The molecular weight excluding hydrogens is 369 g/mol. The van der Waals surface area contributed by atoms with E-state index >= 15 is 0 Å². The zero-order valence-electron chi connectivity index (χ0n) is 14.3. The maximum absolute atomic E-state index is 14.3. The number of hydrogen-bond acceptors (Lipinski definition) is 5. The van der Waals surface area contributed by atoms with Gasteiger partial charge in [-0.3, -0.25) is 4.79 Å². The fourth-order valence-electron chi connectivity index (χ4n) is 3.03. The highest BCUT2D eigenvalue weighted by Gasteiger charge is 2.29. The maximum Gasteiger partial charge on any atom is 0.235 e. The van der Waals surface area contributed by atoms with Gasteiger partial charge in [-0.05, 0) is 29.8 Å². The molecule has 3 aromatic rings. The van der Waals surface area contributed by atoms with Gasteiger partial charge in [-0.2, -0.15) is 5.10 Å². The zero-order valence-corrected chi connectivity index (χ0v) is 15.2. The second-order valence-electron chi connectivity index (χ2n) is 5.98. The number of methoxy groups -OCH3 is 1. The SMILES string of the molecule is COc1cc([C@@H]2SCC(=O)Nc3c2cnn3-c2ccccc2F)ccc1O. The molecule has 2 N–H and O–H groups in total. The van der Waals surface area contributed by atoms with Gasteiger partial charge < -0.3 is 15.2 Å². The highest BCUT2D eigenvalue weighted by Crippen LogP contribution is 2.44. The van der Waals surface area contributed by atoms with Crippen molar-refractivity contribution in [3.8, 4) is 17.2 Å². The standard InChI is InChI=1S/C19H16FN3O3S/c1-26-16-8-11(6-7-15(16)24)18-12-9-21-23(14-5-3-2-4-13(14)20)19(12)22-17(25)10-27-18/h2-9,18,24H,10H2,1H3,(H,22,25)/t18-/m0/s1. The maximum atomic E-state index is 14.3. The Bertz CT molecular complexity index is 1020.